The number of benzene rings is 1. The number of fused-ring (bicyclic) bond motifs is 5. The highest BCUT2D eigenvalue weighted by molar-refractivity contribution is 5.99. The number of rotatable bonds is 5. The summed E-state index contributed by atoms with van der Waals surface area (Å²) < 4.78 is 2.14. The quantitative estimate of drug-likeness (QED) is 0.499. The number of nitrogens with zero attached hydrogens (tertiary/aromatic N) is 1. The highest BCUT2D eigenvalue weighted by Crippen LogP contribution is 2.38. The minimum Gasteiger partial charge on any atom is -0.506 e. The number of allylic oxidation sites excluding steroid dienone is 1. The van der Waals surface area contributed by atoms with Gasteiger partial charge < -0.3 is 25.1 Å². The molecule has 0 aliphatic heterocycles. The van der Waals surface area contributed by atoms with Crippen LogP contribution in [0.3, 0.4) is 0 Å². The average Bonchev–Trinajstić information content (AvgIpc) is 2.87. The van der Waals surface area contributed by atoms with E-state index in [0.717, 1.165) is 47.2 Å². The maximum Gasteiger partial charge on any atom is 0.345 e. The summed E-state index contributed by atoms with van der Waals surface area (Å²) in [4.78, 5) is 26.4. The molecular formula is C22H23N3O4. The van der Waals surface area contributed by atoms with Crippen molar-refractivity contribution in [1.29, 1.82) is 0 Å². The summed E-state index contributed by atoms with van der Waals surface area (Å²) in [5.41, 5.74) is 3.38. The standard InChI is InChI=1S/C22H23N3O4/c1-3-9-23-11-12-10-16-13-5-4-6-15-19(14(13)7-8-17(16)25(12)2)24-21(27)18(20(15)26)22(28)29/h4-5,7-8,10,23H,3,6,9,11H2,1-2H3,(H,28,29)(H2,24,26,27). The topological polar surface area (TPSA) is 107 Å². The van der Waals surface area contributed by atoms with Crippen LogP contribution in [0.4, 0.5) is 0 Å². The van der Waals surface area contributed by atoms with Gasteiger partial charge in [0.25, 0.3) is 5.56 Å². The maximum atomic E-state index is 12.3. The first-order chi connectivity index (χ1) is 13.9. The fraction of sp³-hybridized carbons (Fsp3) is 0.273. The zero-order chi connectivity index (χ0) is 20.7. The van der Waals surface area contributed by atoms with E-state index in [9.17, 15) is 19.8 Å². The van der Waals surface area contributed by atoms with E-state index in [1.54, 1.807) is 0 Å². The molecule has 3 aromatic rings. The second-order valence-electron chi connectivity index (χ2n) is 7.27. The highest BCUT2D eigenvalue weighted by atomic mass is 16.4. The van der Waals surface area contributed by atoms with Crippen molar-refractivity contribution < 1.29 is 15.0 Å². The molecule has 2 heterocycles. The molecule has 0 saturated carbocycles. The average molecular weight is 393 g/mol. The maximum absolute atomic E-state index is 12.3. The van der Waals surface area contributed by atoms with Crippen LogP contribution < -0.4 is 10.9 Å². The second-order valence-corrected chi connectivity index (χ2v) is 7.27. The van der Waals surface area contributed by atoms with Gasteiger partial charge in [0.2, 0.25) is 0 Å². The number of aromatic amines is 1. The molecule has 0 spiro atoms. The van der Waals surface area contributed by atoms with Crippen LogP contribution in [0.15, 0.2) is 29.1 Å². The van der Waals surface area contributed by atoms with Crippen LogP contribution in [0.2, 0.25) is 0 Å². The van der Waals surface area contributed by atoms with Crippen LogP contribution in [0.25, 0.3) is 28.2 Å². The van der Waals surface area contributed by atoms with E-state index in [1.165, 1.54) is 0 Å². The molecule has 0 atom stereocenters. The molecule has 29 heavy (non-hydrogen) atoms. The van der Waals surface area contributed by atoms with E-state index < -0.39 is 22.8 Å². The van der Waals surface area contributed by atoms with Crippen LogP contribution in [0.1, 0.15) is 40.5 Å². The minimum absolute atomic E-state index is 0.326. The Morgan fingerprint density at radius 2 is 2.14 bits per heavy atom. The predicted molar refractivity (Wildman–Crippen MR) is 112 cm³/mol. The second kappa shape index (κ2) is 7.25. The smallest absolute Gasteiger partial charge is 0.345 e. The molecule has 1 aliphatic carbocycles. The van der Waals surface area contributed by atoms with Crippen molar-refractivity contribution in [3.63, 3.8) is 0 Å². The molecule has 0 fully saturated rings. The summed E-state index contributed by atoms with van der Waals surface area (Å²) in [6.45, 7) is 3.83. The number of H-pyrrole nitrogens is 1. The molecule has 4 N–H and O–H groups in total. The monoisotopic (exact) mass is 393 g/mol. The van der Waals surface area contributed by atoms with Gasteiger partial charge in [0, 0.05) is 41.3 Å². The highest BCUT2D eigenvalue weighted by Gasteiger charge is 2.25. The normalized spacial score (nSPS) is 12.6. The van der Waals surface area contributed by atoms with Crippen molar-refractivity contribution in [2.75, 3.05) is 6.54 Å². The summed E-state index contributed by atoms with van der Waals surface area (Å²) in [5, 5.41) is 24.2. The Hall–Kier alpha value is -3.32. The van der Waals surface area contributed by atoms with Gasteiger partial charge in [-0.25, -0.2) is 4.79 Å². The van der Waals surface area contributed by atoms with Crippen LogP contribution in [-0.2, 0) is 20.0 Å². The summed E-state index contributed by atoms with van der Waals surface area (Å²) >= 11 is 0. The Labute approximate surface area is 167 Å². The lowest BCUT2D eigenvalue weighted by Crippen LogP contribution is -2.20. The van der Waals surface area contributed by atoms with Gasteiger partial charge in [0.05, 0.1) is 5.69 Å². The molecule has 7 heteroatoms. The first-order valence-electron chi connectivity index (χ1n) is 9.64. The number of aromatic hydroxyl groups is 1. The molecule has 0 saturated heterocycles. The molecule has 0 unspecified atom stereocenters. The number of aromatic carboxylic acids is 1. The third-order valence-corrected chi connectivity index (χ3v) is 5.48. The fourth-order valence-electron chi connectivity index (χ4n) is 4.00. The van der Waals surface area contributed by atoms with Crippen LogP contribution in [0, 0.1) is 0 Å². The van der Waals surface area contributed by atoms with Crippen molar-refractivity contribution in [3.8, 4) is 17.0 Å². The van der Waals surface area contributed by atoms with Crippen molar-refractivity contribution >= 4 is 22.9 Å². The zero-order valence-electron chi connectivity index (χ0n) is 16.4. The molecule has 0 bridgehead atoms. The molecule has 0 radical (unpaired) electrons. The summed E-state index contributed by atoms with van der Waals surface area (Å²) in [6.07, 6.45) is 5.25. The first-order valence-corrected chi connectivity index (χ1v) is 9.64. The van der Waals surface area contributed by atoms with Gasteiger partial charge in [-0.15, -0.1) is 0 Å². The molecule has 4 rings (SSSR count). The van der Waals surface area contributed by atoms with Gasteiger partial charge in [-0.2, -0.15) is 0 Å². The van der Waals surface area contributed by atoms with Gasteiger partial charge in [-0.3, -0.25) is 4.79 Å². The van der Waals surface area contributed by atoms with Crippen molar-refractivity contribution in [2.24, 2.45) is 7.05 Å². The van der Waals surface area contributed by atoms with E-state index in [0.29, 0.717) is 17.7 Å². The van der Waals surface area contributed by atoms with Gasteiger partial charge in [-0.05, 0) is 37.1 Å². The summed E-state index contributed by atoms with van der Waals surface area (Å²) in [5.74, 6) is -1.91. The first kappa shape index (κ1) is 19.0. The largest absolute Gasteiger partial charge is 0.506 e. The molecule has 1 aromatic carbocycles. The van der Waals surface area contributed by atoms with Crippen molar-refractivity contribution in [3.05, 3.63) is 57.0 Å². The third-order valence-electron chi connectivity index (χ3n) is 5.48. The molecule has 150 valence electrons. The van der Waals surface area contributed by atoms with Crippen molar-refractivity contribution in [1.82, 2.24) is 14.9 Å². The number of nitrogens with one attached hydrogen (secondary N) is 2. The molecule has 0 amide bonds. The number of aromatic nitrogens is 2. The van der Waals surface area contributed by atoms with E-state index in [1.807, 2.05) is 31.3 Å². The van der Waals surface area contributed by atoms with Crippen LogP contribution >= 0.6 is 0 Å². The van der Waals surface area contributed by atoms with E-state index >= 15 is 0 Å². The summed E-state index contributed by atoms with van der Waals surface area (Å²) in [6, 6.07) is 6.03. The van der Waals surface area contributed by atoms with E-state index in [4.69, 9.17) is 0 Å². The van der Waals surface area contributed by atoms with Crippen LogP contribution in [-0.4, -0.2) is 32.3 Å². The lowest BCUT2D eigenvalue weighted by Gasteiger charge is -2.13. The van der Waals surface area contributed by atoms with E-state index in [-0.39, 0.29) is 0 Å². The molecule has 2 aromatic heterocycles. The minimum atomic E-state index is -1.44. The number of carbonyl (C=O) groups is 1. The van der Waals surface area contributed by atoms with Gasteiger partial charge in [-0.1, -0.05) is 25.1 Å². The van der Waals surface area contributed by atoms with Gasteiger partial charge >= 0.3 is 5.97 Å². The molecule has 7 nitrogen and oxygen atoms in total. The Kier molecular flexibility index (Phi) is 4.76. The number of carboxylic acids is 1. The molecule has 1 aliphatic rings. The summed E-state index contributed by atoms with van der Waals surface area (Å²) in [7, 11) is 2.03. The third kappa shape index (κ3) is 3.03. The number of aryl methyl sites for hydroxylation is 1. The number of hydrogen-bond donors (Lipinski definition) is 4. The zero-order valence-corrected chi connectivity index (χ0v) is 16.4. The Morgan fingerprint density at radius 1 is 1.34 bits per heavy atom. The van der Waals surface area contributed by atoms with Gasteiger partial charge in [0.15, 0.2) is 5.56 Å². The predicted octanol–water partition coefficient (Wildman–Crippen LogP) is 3.01. The van der Waals surface area contributed by atoms with E-state index in [2.05, 4.69) is 27.9 Å². The number of carboxylic acid groups (broad SMARTS) is 1. The van der Waals surface area contributed by atoms with Crippen LogP contribution in [0.5, 0.6) is 5.75 Å². The fourth-order valence-corrected chi connectivity index (χ4v) is 4.00. The van der Waals surface area contributed by atoms with Gasteiger partial charge in [0.1, 0.15) is 5.75 Å². The lowest BCUT2D eigenvalue weighted by atomic mass is 9.97. The lowest BCUT2D eigenvalue weighted by molar-refractivity contribution is 0.0691. The number of hydrogen-bond acceptors (Lipinski definition) is 4. The Bertz CT molecular complexity index is 1220. The molecular weight excluding hydrogens is 370 g/mol. The SMILES string of the molecule is CCCNCc1cc2c3c(ccc2n1C)-c1[nH]c(=O)c(C(=O)O)c(O)c1CC=C3. The van der Waals surface area contributed by atoms with Crippen molar-refractivity contribution in [2.45, 2.75) is 26.3 Å². The Morgan fingerprint density at radius 3 is 2.86 bits per heavy atom. The Balaban J connectivity index is 1.93. The number of pyridine rings is 1.